The SMILES string of the molecule is COC(=O)c1cc(CN2CCC(N)CC2C)oc1C. The van der Waals surface area contributed by atoms with Crippen molar-refractivity contribution in [2.75, 3.05) is 13.7 Å². The van der Waals surface area contributed by atoms with Crippen LogP contribution in [0.25, 0.3) is 0 Å². The van der Waals surface area contributed by atoms with Crippen molar-refractivity contribution in [2.45, 2.75) is 45.3 Å². The zero-order valence-corrected chi connectivity index (χ0v) is 11.8. The first-order valence-corrected chi connectivity index (χ1v) is 6.68. The normalized spacial score (nSPS) is 24.4. The van der Waals surface area contributed by atoms with Crippen molar-refractivity contribution >= 4 is 5.97 Å². The predicted octanol–water partition coefficient (Wildman–Crippen LogP) is 1.69. The average Bonchev–Trinajstić information content (AvgIpc) is 2.73. The molecular weight excluding hydrogens is 244 g/mol. The van der Waals surface area contributed by atoms with Crippen LogP contribution in [0.1, 0.15) is 41.6 Å². The summed E-state index contributed by atoms with van der Waals surface area (Å²) in [5, 5.41) is 0. The fourth-order valence-electron chi connectivity index (χ4n) is 2.63. The predicted molar refractivity (Wildman–Crippen MR) is 71.9 cm³/mol. The van der Waals surface area contributed by atoms with E-state index in [1.54, 1.807) is 13.0 Å². The minimum atomic E-state index is -0.346. The maximum atomic E-state index is 11.5. The van der Waals surface area contributed by atoms with Crippen LogP contribution in [0.3, 0.4) is 0 Å². The van der Waals surface area contributed by atoms with Crippen LogP contribution in [-0.2, 0) is 11.3 Å². The third-order valence-corrected chi connectivity index (χ3v) is 3.79. The first-order chi connectivity index (χ1) is 9.01. The van der Waals surface area contributed by atoms with Gasteiger partial charge in [-0.15, -0.1) is 0 Å². The summed E-state index contributed by atoms with van der Waals surface area (Å²) >= 11 is 0. The number of aryl methyl sites for hydroxylation is 1. The molecule has 1 aliphatic rings. The van der Waals surface area contributed by atoms with Gasteiger partial charge in [-0.1, -0.05) is 0 Å². The van der Waals surface area contributed by atoms with Gasteiger partial charge in [0.05, 0.1) is 13.7 Å². The second kappa shape index (κ2) is 5.75. The number of hydrogen-bond acceptors (Lipinski definition) is 5. The van der Waals surface area contributed by atoms with E-state index in [0.29, 0.717) is 30.0 Å². The van der Waals surface area contributed by atoms with Gasteiger partial charge in [-0.3, -0.25) is 4.90 Å². The van der Waals surface area contributed by atoms with Crippen LogP contribution in [0.2, 0.25) is 0 Å². The largest absolute Gasteiger partial charge is 0.465 e. The quantitative estimate of drug-likeness (QED) is 0.843. The topological polar surface area (TPSA) is 68.7 Å². The molecule has 5 heteroatoms. The summed E-state index contributed by atoms with van der Waals surface area (Å²) in [7, 11) is 1.38. The van der Waals surface area contributed by atoms with Crippen LogP contribution in [0.4, 0.5) is 0 Å². The molecular formula is C14H22N2O3. The summed E-state index contributed by atoms with van der Waals surface area (Å²) in [6.45, 7) is 5.64. The Kier molecular flexibility index (Phi) is 4.27. The van der Waals surface area contributed by atoms with Crippen molar-refractivity contribution in [3.8, 4) is 0 Å². The molecule has 0 amide bonds. The lowest BCUT2D eigenvalue weighted by atomic mass is 9.99. The molecule has 2 atom stereocenters. The zero-order chi connectivity index (χ0) is 14.0. The standard InChI is InChI=1S/C14H22N2O3/c1-9-6-11(15)4-5-16(9)8-12-7-13(10(2)19-12)14(17)18-3/h7,9,11H,4-6,8,15H2,1-3H3. The summed E-state index contributed by atoms with van der Waals surface area (Å²) in [6, 6.07) is 2.52. The number of furan rings is 1. The van der Waals surface area contributed by atoms with Crippen molar-refractivity contribution in [1.29, 1.82) is 0 Å². The molecule has 0 aliphatic carbocycles. The number of esters is 1. The van der Waals surface area contributed by atoms with Crippen LogP contribution < -0.4 is 5.73 Å². The van der Waals surface area contributed by atoms with Crippen molar-refractivity contribution in [3.63, 3.8) is 0 Å². The molecule has 1 saturated heterocycles. The molecule has 106 valence electrons. The number of ether oxygens (including phenoxy) is 1. The summed E-state index contributed by atoms with van der Waals surface area (Å²) in [4.78, 5) is 13.9. The number of piperidine rings is 1. The molecule has 5 nitrogen and oxygen atoms in total. The fraction of sp³-hybridized carbons (Fsp3) is 0.643. The highest BCUT2D eigenvalue weighted by Crippen LogP contribution is 2.22. The Balaban J connectivity index is 2.05. The number of nitrogens with zero attached hydrogens (tertiary/aromatic N) is 1. The van der Waals surface area contributed by atoms with E-state index < -0.39 is 0 Å². The fourth-order valence-corrected chi connectivity index (χ4v) is 2.63. The molecule has 1 aromatic rings. The molecule has 2 rings (SSSR count). The molecule has 2 heterocycles. The lowest BCUT2D eigenvalue weighted by molar-refractivity contribution is 0.0599. The van der Waals surface area contributed by atoms with Crippen LogP contribution in [-0.4, -0.2) is 36.6 Å². The molecule has 0 aromatic carbocycles. The summed E-state index contributed by atoms with van der Waals surface area (Å²) in [6.07, 6.45) is 2.01. The third-order valence-electron chi connectivity index (χ3n) is 3.79. The maximum Gasteiger partial charge on any atom is 0.341 e. The first-order valence-electron chi connectivity index (χ1n) is 6.68. The monoisotopic (exact) mass is 266 g/mol. The van der Waals surface area contributed by atoms with E-state index in [4.69, 9.17) is 14.9 Å². The molecule has 1 aliphatic heterocycles. The molecule has 2 unspecified atom stereocenters. The number of rotatable bonds is 3. The average molecular weight is 266 g/mol. The van der Waals surface area contributed by atoms with E-state index >= 15 is 0 Å². The van der Waals surface area contributed by atoms with E-state index in [0.717, 1.165) is 25.1 Å². The Morgan fingerprint density at radius 1 is 1.63 bits per heavy atom. The maximum absolute atomic E-state index is 11.5. The van der Waals surface area contributed by atoms with E-state index in [1.807, 2.05) is 0 Å². The second-order valence-electron chi connectivity index (χ2n) is 5.28. The molecule has 0 saturated carbocycles. The number of hydrogen-bond donors (Lipinski definition) is 1. The summed E-state index contributed by atoms with van der Waals surface area (Å²) in [5.74, 6) is 1.07. The van der Waals surface area contributed by atoms with Gasteiger partial charge in [0, 0.05) is 18.6 Å². The smallest absolute Gasteiger partial charge is 0.341 e. The van der Waals surface area contributed by atoms with E-state index in [2.05, 4.69) is 11.8 Å². The Hall–Kier alpha value is -1.33. The Morgan fingerprint density at radius 2 is 2.37 bits per heavy atom. The Morgan fingerprint density at radius 3 is 3.00 bits per heavy atom. The highest BCUT2D eigenvalue weighted by molar-refractivity contribution is 5.90. The van der Waals surface area contributed by atoms with Gasteiger partial charge in [0.1, 0.15) is 17.1 Å². The Labute approximate surface area is 113 Å². The van der Waals surface area contributed by atoms with Crippen molar-refractivity contribution in [3.05, 3.63) is 23.2 Å². The zero-order valence-electron chi connectivity index (χ0n) is 11.8. The molecule has 0 spiro atoms. The van der Waals surface area contributed by atoms with Crippen LogP contribution >= 0.6 is 0 Å². The minimum Gasteiger partial charge on any atom is -0.465 e. The lowest BCUT2D eigenvalue weighted by Crippen LogP contribution is -2.44. The molecule has 2 N–H and O–H groups in total. The van der Waals surface area contributed by atoms with Gasteiger partial charge in [-0.2, -0.15) is 0 Å². The van der Waals surface area contributed by atoms with Gasteiger partial charge in [0.25, 0.3) is 0 Å². The highest BCUT2D eigenvalue weighted by Gasteiger charge is 2.25. The van der Waals surface area contributed by atoms with Gasteiger partial charge < -0.3 is 14.9 Å². The lowest BCUT2D eigenvalue weighted by Gasteiger charge is -2.35. The van der Waals surface area contributed by atoms with Crippen LogP contribution in [0.15, 0.2) is 10.5 Å². The minimum absolute atomic E-state index is 0.301. The van der Waals surface area contributed by atoms with Gasteiger partial charge in [-0.05, 0) is 32.8 Å². The van der Waals surface area contributed by atoms with Crippen molar-refractivity contribution in [2.24, 2.45) is 5.73 Å². The molecule has 19 heavy (non-hydrogen) atoms. The van der Waals surface area contributed by atoms with Crippen molar-refractivity contribution < 1.29 is 13.9 Å². The highest BCUT2D eigenvalue weighted by atomic mass is 16.5. The summed E-state index contributed by atoms with van der Waals surface area (Å²) in [5.41, 5.74) is 6.47. The molecule has 1 fully saturated rings. The van der Waals surface area contributed by atoms with Crippen molar-refractivity contribution in [1.82, 2.24) is 4.90 Å². The van der Waals surface area contributed by atoms with E-state index in [-0.39, 0.29) is 5.97 Å². The molecule has 0 radical (unpaired) electrons. The number of likely N-dealkylation sites (tertiary alicyclic amines) is 1. The number of methoxy groups -OCH3 is 1. The van der Waals surface area contributed by atoms with Crippen LogP contribution in [0.5, 0.6) is 0 Å². The van der Waals surface area contributed by atoms with Crippen LogP contribution in [0, 0.1) is 6.92 Å². The second-order valence-corrected chi connectivity index (χ2v) is 5.28. The van der Waals surface area contributed by atoms with Gasteiger partial charge in [-0.25, -0.2) is 4.79 Å². The van der Waals surface area contributed by atoms with Gasteiger partial charge in [0.2, 0.25) is 0 Å². The molecule has 1 aromatic heterocycles. The first kappa shape index (κ1) is 14.1. The van der Waals surface area contributed by atoms with Gasteiger partial charge in [0.15, 0.2) is 0 Å². The third kappa shape index (κ3) is 3.16. The number of carbonyl (C=O) groups excluding carboxylic acids is 1. The molecule has 0 bridgehead atoms. The number of nitrogens with two attached hydrogens (primary N) is 1. The Bertz CT molecular complexity index is 456. The van der Waals surface area contributed by atoms with Gasteiger partial charge >= 0.3 is 5.97 Å². The number of carbonyl (C=O) groups is 1. The summed E-state index contributed by atoms with van der Waals surface area (Å²) < 4.78 is 10.4. The van der Waals surface area contributed by atoms with E-state index in [1.165, 1.54) is 7.11 Å². The van der Waals surface area contributed by atoms with E-state index in [9.17, 15) is 4.79 Å².